The van der Waals surface area contributed by atoms with Gasteiger partial charge in [0.25, 0.3) is 0 Å². The van der Waals surface area contributed by atoms with Gasteiger partial charge in [-0.25, -0.2) is 24.9 Å². The zero-order valence-corrected chi connectivity index (χ0v) is 28.0. The average Bonchev–Trinajstić information content (AvgIpc) is 3.57. The van der Waals surface area contributed by atoms with E-state index in [1.54, 1.807) is 0 Å². The van der Waals surface area contributed by atoms with Crippen molar-refractivity contribution in [2.45, 2.75) is 6.17 Å². The fourth-order valence-electron chi connectivity index (χ4n) is 6.46. The molecule has 0 saturated carbocycles. The zero-order chi connectivity index (χ0) is 33.4. The maximum absolute atomic E-state index is 5.24. The van der Waals surface area contributed by atoms with Crippen molar-refractivity contribution in [2.75, 3.05) is 7.05 Å². The molecule has 0 spiro atoms. The van der Waals surface area contributed by atoms with Crippen molar-refractivity contribution >= 4 is 43.2 Å². The fraction of sp³-hybridized carbons (Fsp3) is 0.0465. The molecule has 238 valence electrons. The minimum absolute atomic E-state index is 0.275. The van der Waals surface area contributed by atoms with Crippen molar-refractivity contribution in [3.63, 3.8) is 0 Å². The Morgan fingerprint density at radius 2 is 1.02 bits per heavy atom. The largest absolute Gasteiger partial charge is 0.333 e. The van der Waals surface area contributed by atoms with Crippen LogP contribution < -0.4 is 0 Å². The number of amidine groups is 2. The van der Waals surface area contributed by atoms with E-state index in [2.05, 4.69) is 78.7 Å². The monoisotopic (exact) mass is 662 g/mol. The third kappa shape index (κ3) is 5.53. The maximum atomic E-state index is 5.24. The topological polar surface area (TPSA) is 66.6 Å². The second-order valence-electron chi connectivity index (χ2n) is 12.2. The molecule has 0 bridgehead atoms. The number of thiophene rings is 1. The third-order valence-electron chi connectivity index (χ3n) is 8.97. The van der Waals surface area contributed by atoms with Crippen LogP contribution in [0.3, 0.4) is 0 Å². The predicted octanol–water partition coefficient (Wildman–Crippen LogP) is 10.1. The second kappa shape index (κ2) is 12.6. The molecular formula is C43H30N6S. The van der Waals surface area contributed by atoms with Gasteiger partial charge >= 0.3 is 0 Å². The van der Waals surface area contributed by atoms with Crippen LogP contribution in [0.2, 0.25) is 0 Å². The molecule has 3 heterocycles. The van der Waals surface area contributed by atoms with Crippen LogP contribution in [0, 0.1) is 0 Å². The highest BCUT2D eigenvalue weighted by atomic mass is 32.1. The van der Waals surface area contributed by atoms with Crippen LogP contribution in [0.25, 0.3) is 54.3 Å². The van der Waals surface area contributed by atoms with Gasteiger partial charge in [-0.05, 0) is 23.8 Å². The van der Waals surface area contributed by atoms with E-state index in [1.807, 2.05) is 102 Å². The number of aromatic nitrogens is 3. The first-order valence-corrected chi connectivity index (χ1v) is 17.3. The van der Waals surface area contributed by atoms with Crippen molar-refractivity contribution in [1.82, 2.24) is 19.9 Å². The van der Waals surface area contributed by atoms with Crippen LogP contribution in [0.5, 0.6) is 0 Å². The van der Waals surface area contributed by atoms with Gasteiger partial charge in [0.1, 0.15) is 5.84 Å². The van der Waals surface area contributed by atoms with Gasteiger partial charge in [0.15, 0.2) is 29.5 Å². The van der Waals surface area contributed by atoms with Crippen LogP contribution in [0.15, 0.2) is 168 Å². The van der Waals surface area contributed by atoms with Crippen LogP contribution >= 0.6 is 11.3 Å². The Bertz CT molecular complexity index is 2500. The van der Waals surface area contributed by atoms with E-state index in [1.165, 1.54) is 20.2 Å². The summed E-state index contributed by atoms with van der Waals surface area (Å²) in [5, 5.41) is 2.55. The van der Waals surface area contributed by atoms with Gasteiger partial charge in [0.2, 0.25) is 0 Å². The number of hydrogen-bond donors (Lipinski definition) is 0. The SMILES string of the molecule is CN1C(c2cccc(-c3nc(-c4ccccc4)nc(-c4ccccc4)n3)c2)=NC(c2ccccc2)=NC1c1ccc2c(c1)sc1ccccc12. The van der Waals surface area contributed by atoms with Gasteiger partial charge in [0, 0.05) is 55.0 Å². The summed E-state index contributed by atoms with van der Waals surface area (Å²) in [6.45, 7) is 0. The summed E-state index contributed by atoms with van der Waals surface area (Å²) in [7, 11) is 2.07. The Labute approximate surface area is 293 Å². The molecule has 8 aromatic rings. The Hall–Kier alpha value is -6.31. The molecule has 1 aliphatic rings. The molecule has 50 heavy (non-hydrogen) atoms. The van der Waals surface area contributed by atoms with Crippen LogP contribution in [-0.2, 0) is 0 Å². The molecule has 0 aliphatic carbocycles. The lowest BCUT2D eigenvalue weighted by Crippen LogP contribution is -2.35. The van der Waals surface area contributed by atoms with Crippen molar-refractivity contribution in [2.24, 2.45) is 9.98 Å². The molecule has 2 aromatic heterocycles. The molecule has 7 heteroatoms. The predicted molar refractivity (Wildman–Crippen MR) is 205 cm³/mol. The Morgan fingerprint density at radius 3 is 1.70 bits per heavy atom. The normalized spacial score (nSPS) is 14.5. The first-order chi connectivity index (χ1) is 24.7. The lowest BCUT2D eigenvalue weighted by atomic mass is 10.0. The molecule has 1 unspecified atom stereocenters. The summed E-state index contributed by atoms with van der Waals surface area (Å²) in [5.41, 5.74) is 5.78. The van der Waals surface area contributed by atoms with E-state index in [4.69, 9.17) is 24.9 Å². The van der Waals surface area contributed by atoms with E-state index in [0.29, 0.717) is 23.3 Å². The number of nitrogens with zero attached hydrogens (tertiary/aromatic N) is 6. The van der Waals surface area contributed by atoms with Gasteiger partial charge in [-0.2, -0.15) is 0 Å². The van der Waals surface area contributed by atoms with Gasteiger partial charge in [0.05, 0.1) is 0 Å². The van der Waals surface area contributed by atoms with E-state index < -0.39 is 0 Å². The van der Waals surface area contributed by atoms with E-state index in [-0.39, 0.29) is 6.17 Å². The lowest BCUT2D eigenvalue weighted by Gasteiger charge is -2.32. The summed E-state index contributed by atoms with van der Waals surface area (Å²) in [6.07, 6.45) is -0.275. The van der Waals surface area contributed by atoms with E-state index in [9.17, 15) is 0 Å². The molecule has 9 rings (SSSR count). The molecule has 0 N–H and O–H groups in total. The number of benzene rings is 6. The Morgan fingerprint density at radius 1 is 0.480 bits per heavy atom. The molecule has 0 radical (unpaired) electrons. The minimum atomic E-state index is -0.275. The van der Waals surface area contributed by atoms with Crippen LogP contribution in [0.4, 0.5) is 0 Å². The number of aliphatic imine (C=N–C) groups is 2. The summed E-state index contributed by atoms with van der Waals surface area (Å²) < 4.78 is 2.53. The molecular weight excluding hydrogens is 633 g/mol. The van der Waals surface area contributed by atoms with Crippen LogP contribution in [-0.4, -0.2) is 38.6 Å². The third-order valence-corrected chi connectivity index (χ3v) is 10.1. The second-order valence-corrected chi connectivity index (χ2v) is 13.3. The van der Waals surface area contributed by atoms with Gasteiger partial charge in [-0.1, -0.05) is 140 Å². The van der Waals surface area contributed by atoms with Crippen molar-refractivity contribution < 1.29 is 0 Å². The van der Waals surface area contributed by atoms with Gasteiger partial charge in [-0.3, -0.25) is 0 Å². The first kappa shape index (κ1) is 29.8. The van der Waals surface area contributed by atoms with Gasteiger partial charge < -0.3 is 4.90 Å². The zero-order valence-electron chi connectivity index (χ0n) is 27.2. The van der Waals surface area contributed by atoms with Gasteiger partial charge in [-0.15, -0.1) is 11.3 Å². The average molecular weight is 663 g/mol. The highest BCUT2D eigenvalue weighted by Gasteiger charge is 2.27. The highest BCUT2D eigenvalue weighted by molar-refractivity contribution is 7.25. The molecule has 0 fully saturated rings. The lowest BCUT2D eigenvalue weighted by molar-refractivity contribution is 0.383. The number of hydrogen-bond acceptors (Lipinski definition) is 7. The smallest absolute Gasteiger partial charge is 0.164 e. The summed E-state index contributed by atoms with van der Waals surface area (Å²) in [5.74, 6) is 3.37. The van der Waals surface area contributed by atoms with Crippen molar-refractivity contribution in [3.8, 4) is 34.2 Å². The molecule has 0 amide bonds. The summed E-state index contributed by atoms with van der Waals surface area (Å²) in [4.78, 5) is 27.4. The standard InChI is InChI=1S/C43H30N6S/c1-49-42(32-21-13-20-31(26-32)41-45-38(28-14-5-2-6-15-28)44-39(46-41)29-16-7-3-8-17-29)47-40(30-18-9-4-10-19-30)48-43(49)33-24-25-35-34-22-11-12-23-36(34)50-37(35)27-33/h2-27,43H,1H3. The first-order valence-electron chi connectivity index (χ1n) is 16.5. The fourth-order valence-corrected chi connectivity index (χ4v) is 7.61. The van der Waals surface area contributed by atoms with E-state index >= 15 is 0 Å². The summed E-state index contributed by atoms with van der Waals surface area (Å²) >= 11 is 1.82. The van der Waals surface area contributed by atoms with Crippen molar-refractivity contribution in [3.05, 3.63) is 174 Å². The summed E-state index contributed by atoms with van der Waals surface area (Å²) in [6, 6.07) is 53.9. The van der Waals surface area contributed by atoms with E-state index in [0.717, 1.165) is 39.2 Å². The van der Waals surface area contributed by atoms with Crippen LogP contribution in [0.1, 0.15) is 22.9 Å². The Kier molecular flexibility index (Phi) is 7.52. The Balaban J connectivity index is 1.15. The molecule has 1 atom stereocenters. The maximum Gasteiger partial charge on any atom is 0.164 e. The van der Waals surface area contributed by atoms with Crippen molar-refractivity contribution in [1.29, 1.82) is 0 Å². The minimum Gasteiger partial charge on any atom is -0.333 e. The highest BCUT2D eigenvalue weighted by Crippen LogP contribution is 2.37. The molecule has 1 aliphatic heterocycles. The number of fused-ring (bicyclic) bond motifs is 3. The molecule has 6 nitrogen and oxygen atoms in total. The molecule has 0 saturated heterocycles. The quantitative estimate of drug-likeness (QED) is 0.178. The molecule has 6 aromatic carbocycles. The number of rotatable bonds is 6.